The molecule has 0 spiro atoms. The molecule has 1 saturated heterocycles. The van der Waals surface area contributed by atoms with E-state index in [1.807, 2.05) is 6.92 Å². The Morgan fingerprint density at radius 3 is 2.60 bits per heavy atom. The van der Waals surface area contributed by atoms with Crippen molar-refractivity contribution >= 4 is 15.7 Å². The van der Waals surface area contributed by atoms with Crippen molar-refractivity contribution in [1.29, 1.82) is 0 Å². The summed E-state index contributed by atoms with van der Waals surface area (Å²) in [6.45, 7) is 2.45. The van der Waals surface area contributed by atoms with Crippen molar-refractivity contribution < 1.29 is 13.3 Å². The lowest BCUT2D eigenvalue weighted by atomic mass is 9.99. The number of nitro benzene ring substituents is 1. The van der Waals surface area contributed by atoms with Crippen LogP contribution in [0.15, 0.2) is 29.2 Å². The zero-order chi connectivity index (χ0) is 14.9. The van der Waals surface area contributed by atoms with Crippen LogP contribution in [0, 0.1) is 16.0 Å². The summed E-state index contributed by atoms with van der Waals surface area (Å²) in [6, 6.07) is 5.14. The molecule has 8 heteroatoms. The Morgan fingerprint density at radius 2 is 2.00 bits per heavy atom. The number of nitro groups is 1. The van der Waals surface area contributed by atoms with Gasteiger partial charge in [0.25, 0.3) is 5.69 Å². The molecular formula is C12H17N3O4S. The van der Waals surface area contributed by atoms with Gasteiger partial charge < -0.3 is 5.73 Å². The van der Waals surface area contributed by atoms with Gasteiger partial charge in [-0.1, -0.05) is 19.1 Å². The van der Waals surface area contributed by atoms with E-state index in [9.17, 15) is 18.5 Å². The summed E-state index contributed by atoms with van der Waals surface area (Å²) < 4.78 is 26.4. The summed E-state index contributed by atoms with van der Waals surface area (Å²) in [6.07, 6.45) is 0.753. The summed E-state index contributed by atoms with van der Waals surface area (Å²) in [7, 11) is -3.89. The second-order valence-electron chi connectivity index (χ2n) is 5.15. The molecule has 0 radical (unpaired) electrons. The highest BCUT2D eigenvalue weighted by Crippen LogP contribution is 2.29. The molecule has 2 atom stereocenters. The van der Waals surface area contributed by atoms with E-state index in [1.54, 1.807) is 0 Å². The summed E-state index contributed by atoms with van der Waals surface area (Å²) in [5.74, 6) is 0.135. The third kappa shape index (κ3) is 2.82. The van der Waals surface area contributed by atoms with Gasteiger partial charge in [0.15, 0.2) is 4.90 Å². The number of piperidine rings is 1. The lowest BCUT2D eigenvalue weighted by molar-refractivity contribution is -0.387. The molecule has 1 aromatic rings. The van der Waals surface area contributed by atoms with E-state index in [0.29, 0.717) is 6.54 Å². The highest BCUT2D eigenvalue weighted by Gasteiger charge is 2.35. The van der Waals surface area contributed by atoms with E-state index < -0.39 is 20.6 Å². The molecule has 110 valence electrons. The lowest BCUT2D eigenvalue weighted by Crippen LogP contribution is -2.48. The molecular weight excluding hydrogens is 282 g/mol. The second kappa shape index (κ2) is 5.47. The predicted molar refractivity (Wildman–Crippen MR) is 73.6 cm³/mol. The van der Waals surface area contributed by atoms with Gasteiger partial charge in [0.05, 0.1) is 4.92 Å². The van der Waals surface area contributed by atoms with Crippen LogP contribution in [-0.2, 0) is 10.0 Å². The van der Waals surface area contributed by atoms with Gasteiger partial charge in [-0.2, -0.15) is 4.31 Å². The van der Waals surface area contributed by atoms with Crippen LogP contribution < -0.4 is 5.73 Å². The third-order valence-corrected chi connectivity index (χ3v) is 5.22. The maximum Gasteiger partial charge on any atom is 0.289 e. The Labute approximate surface area is 117 Å². The number of nitrogens with two attached hydrogens (primary N) is 1. The minimum atomic E-state index is -3.89. The summed E-state index contributed by atoms with van der Waals surface area (Å²) in [4.78, 5) is 10.0. The molecule has 1 aliphatic heterocycles. The van der Waals surface area contributed by atoms with E-state index in [4.69, 9.17) is 5.73 Å². The SMILES string of the molecule is CC1CC(N)CN(S(=O)(=O)c2ccccc2[N+](=O)[O-])C1. The number of sulfonamides is 1. The zero-order valence-corrected chi connectivity index (χ0v) is 11.9. The van der Waals surface area contributed by atoms with Gasteiger partial charge in [-0.3, -0.25) is 10.1 Å². The first-order valence-corrected chi connectivity index (χ1v) is 7.75. The highest BCUT2D eigenvalue weighted by atomic mass is 32.2. The Hall–Kier alpha value is -1.51. The molecule has 2 rings (SSSR count). The van der Waals surface area contributed by atoms with Crippen LogP contribution in [0.4, 0.5) is 5.69 Å². The molecule has 0 aliphatic carbocycles. The van der Waals surface area contributed by atoms with Crippen LogP contribution in [0.25, 0.3) is 0 Å². The molecule has 0 amide bonds. The van der Waals surface area contributed by atoms with Crippen LogP contribution in [0.5, 0.6) is 0 Å². The number of rotatable bonds is 3. The maximum atomic E-state index is 12.6. The Bertz CT molecular complexity index is 607. The van der Waals surface area contributed by atoms with E-state index >= 15 is 0 Å². The molecule has 2 unspecified atom stereocenters. The summed E-state index contributed by atoms with van der Waals surface area (Å²) >= 11 is 0. The number of hydrogen-bond donors (Lipinski definition) is 1. The van der Waals surface area contributed by atoms with E-state index in [2.05, 4.69) is 0 Å². The van der Waals surface area contributed by atoms with Crippen molar-refractivity contribution in [3.05, 3.63) is 34.4 Å². The average molecular weight is 299 g/mol. The molecule has 0 saturated carbocycles. The Balaban J connectivity index is 2.43. The van der Waals surface area contributed by atoms with E-state index in [1.165, 1.54) is 28.6 Å². The summed E-state index contributed by atoms with van der Waals surface area (Å²) in [5, 5.41) is 11.0. The van der Waals surface area contributed by atoms with Crippen LogP contribution >= 0.6 is 0 Å². The number of nitrogens with zero attached hydrogens (tertiary/aromatic N) is 2. The minimum Gasteiger partial charge on any atom is -0.326 e. The van der Waals surface area contributed by atoms with Crippen molar-refractivity contribution in [3.63, 3.8) is 0 Å². The third-order valence-electron chi connectivity index (χ3n) is 3.34. The van der Waals surface area contributed by atoms with Gasteiger partial charge in [0.1, 0.15) is 0 Å². The topological polar surface area (TPSA) is 107 Å². The van der Waals surface area contributed by atoms with Crippen molar-refractivity contribution in [2.45, 2.75) is 24.3 Å². The molecule has 0 aromatic heterocycles. The predicted octanol–water partition coefficient (Wildman–Crippen LogP) is 0.953. The fourth-order valence-electron chi connectivity index (χ4n) is 2.51. The molecule has 0 bridgehead atoms. The van der Waals surface area contributed by atoms with Crippen LogP contribution in [0.2, 0.25) is 0 Å². The van der Waals surface area contributed by atoms with Crippen molar-refractivity contribution in [2.24, 2.45) is 11.7 Å². The zero-order valence-electron chi connectivity index (χ0n) is 11.1. The van der Waals surface area contributed by atoms with Crippen molar-refractivity contribution in [1.82, 2.24) is 4.31 Å². The minimum absolute atomic E-state index is 0.135. The molecule has 1 aliphatic rings. The van der Waals surface area contributed by atoms with Crippen molar-refractivity contribution in [3.8, 4) is 0 Å². The quantitative estimate of drug-likeness (QED) is 0.660. The van der Waals surface area contributed by atoms with Gasteiger partial charge in [-0.05, 0) is 18.4 Å². The smallest absolute Gasteiger partial charge is 0.289 e. The molecule has 1 aromatic carbocycles. The number of hydrogen-bond acceptors (Lipinski definition) is 5. The first kappa shape index (κ1) is 14.9. The van der Waals surface area contributed by atoms with Gasteiger partial charge in [-0.25, -0.2) is 8.42 Å². The van der Waals surface area contributed by atoms with Gasteiger partial charge in [0, 0.05) is 25.2 Å². The Morgan fingerprint density at radius 1 is 1.35 bits per heavy atom. The standard InChI is InChI=1S/C12H17N3O4S/c1-9-6-10(13)8-14(7-9)20(18,19)12-5-3-2-4-11(12)15(16)17/h2-5,9-10H,6-8,13H2,1H3. The monoisotopic (exact) mass is 299 g/mol. The second-order valence-corrected chi connectivity index (χ2v) is 7.05. The van der Waals surface area contributed by atoms with Gasteiger partial charge in [0.2, 0.25) is 10.0 Å². The van der Waals surface area contributed by atoms with Gasteiger partial charge in [-0.15, -0.1) is 0 Å². The van der Waals surface area contributed by atoms with Crippen LogP contribution in [0.3, 0.4) is 0 Å². The molecule has 7 nitrogen and oxygen atoms in total. The highest BCUT2D eigenvalue weighted by molar-refractivity contribution is 7.89. The molecule has 20 heavy (non-hydrogen) atoms. The van der Waals surface area contributed by atoms with E-state index in [-0.39, 0.29) is 23.4 Å². The molecule has 1 heterocycles. The largest absolute Gasteiger partial charge is 0.326 e. The van der Waals surface area contributed by atoms with Gasteiger partial charge >= 0.3 is 0 Å². The Kier molecular flexibility index (Phi) is 4.07. The maximum absolute atomic E-state index is 12.6. The molecule has 2 N–H and O–H groups in total. The number of benzene rings is 1. The normalized spacial score (nSPS) is 24.5. The van der Waals surface area contributed by atoms with Crippen LogP contribution in [-0.4, -0.2) is 36.8 Å². The fraction of sp³-hybridized carbons (Fsp3) is 0.500. The fourth-order valence-corrected chi connectivity index (χ4v) is 4.29. The number of para-hydroxylation sites is 1. The molecule has 1 fully saturated rings. The average Bonchev–Trinajstić information content (AvgIpc) is 2.37. The van der Waals surface area contributed by atoms with E-state index in [0.717, 1.165) is 6.42 Å². The van der Waals surface area contributed by atoms with Crippen LogP contribution in [0.1, 0.15) is 13.3 Å². The van der Waals surface area contributed by atoms with Crippen molar-refractivity contribution in [2.75, 3.05) is 13.1 Å². The summed E-state index contributed by atoms with van der Waals surface area (Å²) in [5.41, 5.74) is 5.44. The first-order chi connectivity index (χ1) is 9.32. The lowest BCUT2D eigenvalue weighted by Gasteiger charge is -2.33. The first-order valence-electron chi connectivity index (χ1n) is 6.31.